The molecule has 1 aliphatic heterocycles. The summed E-state index contributed by atoms with van der Waals surface area (Å²) in [4.78, 5) is 16.4. The monoisotopic (exact) mass is 279 g/mol. The number of likely N-dealkylation sites (N-methyl/N-ethyl adjacent to an activating group) is 1. The van der Waals surface area contributed by atoms with Crippen LogP contribution in [0.2, 0.25) is 0 Å². The number of morpholine rings is 1. The molecular formula is C15H25N3O2. The number of nitriles is 1. The van der Waals surface area contributed by atoms with Crippen molar-refractivity contribution in [3.05, 3.63) is 0 Å². The predicted molar refractivity (Wildman–Crippen MR) is 75.9 cm³/mol. The first-order valence-electron chi connectivity index (χ1n) is 7.43. The second-order valence-electron chi connectivity index (χ2n) is 6.65. The highest BCUT2D eigenvalue weighted by atomic mass is 16.5. The number of nitrogens with zero attached hydrogens (tertiary/aromatic N) is 3. The van der Waals surface area contributed by atoms with E-state index < -0.39 is 5.41 Å². The summed E-state index contributed by atoms with van der Waals surface area (Å²) in [6.07, 6.45) is 2.75. The number of ether oxygens (including phenoxy) is 1. The van der Waals surface area contributed by atoms with Gasteiger partial charge in [-0.2, -0.15) is 5.26 Å². The molecule has 0 N–H and O–H groups in total. The summed E-state index contributed by atoms with van der Waals surface area (Å²) >= 11 is 0. The Kier molecular flexibility index (Phi) is 4.66. The minimum atomic E-state index is -0.943. The van der Waals surface area contributed by atoms with Gasteiger partial charge in [0, 0.05) is 26.2 Å². The summed E-state index contributed by atoms with van der Waals surface area (Å²) in [5.74, 6) is 0.775. The van der Waals surface area contributed by atoms with Crippen LogP contribution in [0.1, 0.15) is 26.7 Å². The average molecular weight is 279 g/mol. The first kappa shape index (κ1) is 15.3. The normalized spacial score (nSPS) is 23.8. The minimum Gasteiger partial charge on any atom is -0.373 e. The fourth-order valence-electron chi connectivity index (χ4n) is 2.62. The van der Waals surface area contributed by atoms with Crippen molar-refractivity contribution in [3.8, 4) is 6.07 Å². The van der Waals surface area contributed by atoms with Gasteiger partial charge in [-0.15, -0.1) is 0 Å². The lowest BCUT2D eigenvalue weighted by Gasteiger charge is -2.37. The summed E-state index contributed by atoms with van der Waals surface area (Å²) in [5, 5.41) is 9.08. The third kappa shape index (κ3) is 3.94. The molecule has 20 heavy (non-hydrogen) atoms. The van der Waals surface area contributed by atoms with E-state index in [0.29, 0.717) is 19.7 Å². The van der Waals surface area contributed by atoms with Gasteiger partial charge < -0.3 is 14.5 Å². The molecule has 5 heteroatoms. The zero-order chi connectivity index (χ0) is 14.8. The molecular weight excluding hydrogens is 254 g/mol. The molecule has 1 saturated heterocycles. The molecule has 0 radical (unpaired) electrons. The van der Waals surface area contributed by atoms with Crippen molar-refractivity contribution < 1.29 is 9.53 Å². The Labute approximate surface area is 121 Å². The SMILES string of the molecule is CN(CC1CC1)C[C@H]1CN(C(=O)C(C)(C)C#N)CCO1. The second-order valence-corrected chi connectivity index (χ2v) is 6.65. The Hall–Kier alpha value is -1.12. The van der Waals surface area contributed by atoms with Crippen LogP contribution in [0.25, 0.3) is 0 Å². The molecule has 112 valence electrons. The first-order valence-corrected chi connectivity index (χ1v) is 7.43. The molecule has 0 aromatic heterocycles. The van der Waals surface area contributed by atoms with E-state index >= 15 is 0 Å². The Morgan fingerprint density at radius 3 is 2.75 bits per heavy atom. The van der Waals surface area contributed by atoms with Crippen molar-refractivity contribution >= 4 is 5.91 Å². The van der Waals surface area contributed by atoms with Gasteiger partial charge in [-0.3, -0.25) is 4.79 Å². The quantitative estimate of drug-likeness (QED) is 0.756. The van der Waals surface area contributed by atoms with Crippen molar-refractivity contribution in [3.63, 3.8) is 0 Å². The van der Waals surface area contributed by atoms with Crippen molar-refractivity contribution in [1.29, 1.82) is 5.26 Å². The van der Waals surface area contributed by atoms with E-state index in [0.717, 1.165) is 19.0 Å². The third-order valence-electron chi connectivity index (χ3n) is 4.02. The maximum Gasteiger partial charge on any atom is 0.242 e. The van der Waals surface area contributed by atoms with Crippen molar-refractivity contribution in [1.82, 2.24) is 9.80 Å². The minimum absolute atomic E-state index is 0.0611. The number of carbonyl (C=O) groups excluding carboxylic acids is 1. The van der Waals surface area contributed by atoms with Gasteiger partial charge in [0.25, 0.3) is 0 Å². The maximum absolute atomic E-state index is 12.3. The molecule has 0 bridgehead atoms. The molecule has 1 heterocycles. The molecule has 2 rings (SSSR count). The van der Waals surface area contributed by atoms with E-state index in [1.165, 1.54) is 12.8 Å². The Morgan fingerprint density at radius 2 is 2.15 bits per heavy atom. The lowest BCUT2D eigenvalue weighted by molar-refractivity contribution is -0.145. The molecule has 0 unspecified atom stereocenters. The fourth-order valence-corrected chi connectivity index (χ4v) is 2.62. The van der Waals surface area contributed by atoms with E-state index in [9.17, 15) is 4.79 Å². The topological polar surface area (TPSA) is 56.6 Å². The highest BCUT2D eigenvalue weighted by Gasteiger charge is 2.35. The largest absolute Gasteiger partial charge is 0.373 e. The maximum atomic E-state index is 12.3. The smallest absolute Gasteiger partial charge is 0.242 e. The molecule has 0 spiro atoms. The number of rotatable bonds is 5. The Morgan fingerprint density at radius 1 is 1.45 bits per heavy atom. The summed E-state index contributed by atoms with van der Waals surface area (Å²) in [7, 11) is 2.11. The van der Waals surface area contributed by atoms with Crippen molar-refractivity contribution in [2.75, 3.05) is 39.8 Å². The zero-order valence-electron chi connectivity index (χ0n) is 12.8. The van der Waals surface area contributed by atoms with E-state index in [4.69, 9.17) is 10.00 Å². The number of carbonyl (C=O) groups is 1. The van der Waals surface area contributed by atoms with E-state index in [1.54, 1.807) is 18.7 Å². The zero-order valence-corrected chi connectivity index (χ0v) is 12.8. The summed E-state index contributed by atoms with van der Waals surface area (Å²) in [5.41, 5.74) is -0.943. The lowest BCUT2D eigenvalue weighted by Crippen LogP contribution is -2.52. The van der Waals surface area contributed by atoms with E-state index in [-0.39, 0.29) is 12.0 Å². The lowest BCUT2D eigenvalue weighted by atomic mass is 9.93. The van der Waals surface area contributed by atoms with E-state index in [2.05, 4.69) is 18.0 Å². The van der Waals surface area contributed by atoms with Gasteiger partial charge in [0.15, 0.2) is 0 Å². The van der Waals surface area contributed by atoms with Gasteiger partial charge >= 0.3 is 0 Å². The van der Waals surface area contributed by atoms with Crippen LogP contribution in [0.15, 0.2) is 0 Å². The van der Waals surface area contributed by atoms with Gasteiger partial charge in [-0.25, -0.2) is 0 Å². The van der Waals surface area contributed by atoms with Crippen LogP contribution in [0.3, 0.4) is 0 Å². The van der Waals surface area contributed by atoms with Gasteiger partial charge in [0.2, 0.25) is 5.91 Å². The van der Waals surface area contributed by atoms with Crippen LogP contribution in [0.5, 0.6) is 0 Å². The Balaban J connectivity index is 1.84. The fraction of sp³-hybridized carbons (Fsp3) is 0.867. The summed E-state index contributed by atoms with van der Waals surface area (Å²) in [6.45, 7) is 7.09. The molecule has 0 aromatic rings. The average Bonchev–Trinajstić information content (AvgIpc) is 3.21. The van der Waals surface area contributed by atoms with E-state index in [1.807, 2.05) is 0 Å². The molecule has 1 atom stereocenters. The third-order valence-corrected chi connectivity index (χ3v) is 4.02. The number of amides is 1. The van der Waals surface area contributed by atoms with Gasteiger partial charge in [0.1, 0.15) is 5.41 Å². The molecule has 1 saturated carbocycles. The number of hydrogen-bond acceptors (Lipinski definition) is 4. The van der Waals surface area contributed by atoms with Crippen LogP contribution in [0.4, 0.5) is 0 Å². The standard InChI is InChI=1S/C15H25N3O2/c1-15(2,11-16)14(19)18-6-7-20-13(10-18)9-17(3)8-12-4-5-12/h12-13H,4-10H2,1-3H3/t13-/m0/s1. The molecule has 1 amide bonds. The molecule has 2 aliphatic rings. The van der Waals surface area contributed by atoms with Gasteiger partial charge in [-0.05, 0) is 39.7 Å². The van der Waals surface area contributed by atoms with Crippen LogP contribution < -0.4 is 0 Å². The highest BCUT2D eigenvalue weighted by molar-refractivity contribution is 5.84. The van der Waals surface area contributed by atoms with Crippen molar-refractivity contribution in [2.24, 2.45) is 11.3 Å². The molecule has 0 aromatic carbocycles. The van der Waals surface area contributed by atoms with Crippen LogP contribution >= 0.6 is 0 Å². The predicted octanol–water partition coefficient (Wildman–Crippen LogP) is 1.11. The second kappa shape index (κ2) is 6.11. The van der Waals surface area contributed by atoms with Crippen LogP contribution in [-0.4, -0.2) is 61.6 Å². The van der Waals surface area contributed by atoms with Crippen molar-refractivity contribution in [2.45, 2.75) is 32.8 Å². The molecule has 5 nitrogen and oxygen atoms in total. The summed E-state index contributed by atoms with van der Waals surface area (Å²) in [6, 6.07) is 2.09. The summed E-state index contributed by atoms with van der Waals surface area (Å²) < 4.78 is 5.76. The Bertz CT molecular complexity index is 398. The molecule has 2 fully saturated rings. The van der Waals surface area contributed by atoms with Crippen LogP contribution in [0, 0.1) is 22.7 Å². The van der Waals surface area contributed by atoms with Gasteiger partial charge in [0.05, 0.1) is 18.8 Å². The van der Waals surface area contributed by atoms with Crippen LogP contribution in [-0.2, 0) is 9.53 Å². The highest BCUT2D eigenvalue weighted by Crippen LogP contribution is 2.29. The number of hydrogen-bond donors (Lipinski definition) is 0. The first-order chi connectivity index (χ1) is 9.42. The van der Waals surface area contributed by atoms with Gasteiger partial charge in [-0.1, -0.05) is 0 Å². The molecule has 1 aliphatic carbocycles.